The van der Waals surface area contributed by atoms with Crippen LogP contribution in [0.5, 0.6) is 17.4 Å². The molecule has 0 fully saturated rings. The smallest absolute Gasteiger partial charge is 0.459 e. The number of carboxylic acids is 1. The summed E-state index contributed by atoms with van der Waals surface area (Å²) < 4.78 is 37.3. The van der Waals surface area contributed by atoms with E-state index in [9.17, 15) is 14.5 Å². The molecule has 1 aromatic carbocycles. The van der Waals surface area contributed by atoms with Gasteiger partial charge in [-0.3, -0.25) is 9.32 Å². The van der Waals surface area contributed by atoms with E-state index in [1.54, 1.807) is 30.6 Å². The number of carboxylic acid groups (broad SMARTS) is 1. The molecule has 0 saturated carbocycles. The first-order valence-corrected chi connectivity index (χ1v) is 12.6. The molecule has 2 aromatic heterocycles. The van der Waals surface area contributed by atoms with Gasteiger partial charge in [-0.05, 0) is 25.5 Å². The lowest BCUT2D eigenvalue weighted by Crippen LogP contribution is -2.33. The molecular formula is C22H27N6O7P. The molecule has 4 N–H and O–H groups in total. The third-order valence-electron chi connectivity index (χ3n) is 5.58. The molecule has 36 heavy (non-hydrogen) atoms. The zero-order chi connectivity index (χ0) is 25.9. The molecule has 2 unspecified atom stereocenters. The minimum atomic E-state index is -4.10. The number of para-hydroxylation sites is 2. The second-order valence-corrected chi connectivity index (χ2v) is 9.78. The number of rotatable bonds is 11. The Labute approximate surface area is 206 Å². The largest absolute Gasteiger partial charge is 0.493 e. The Balaban J connectivity index is 1.49. The number of methoxy groups -OCH3 is 2. The number of ether oxygens (including phenoxy) is 2. The van der Waals surface area contributed by atoms with Gasteiger partial charge in [-0.25, -0.2) is 9.55 Å². The average Bonchev–Trinajstić information content (AvgIpc) is 3.49. The number of benzene rings is 1. The second kappa shape index (κ2) is 10.5. The number of carbonyl (C=O) groups is 1. The minimum absolute atomic E-state index is 0.00579. The number of hydrogen-bond acceptors (Lipinski definition) is 10. The molecule has 3 aromatic rings. The number of nitrogens with zero attached hydrogens (tertiary/aromatic N) is 4. The van der Waals surface area contributed by atoms with Crippen LogP contribution in [0.25, 0.3) is 11.2 Å². The van der Waals surface area contributed by atoms with Crippen LogP contribution in [0.3, 0.4) is 0 Å². The van der Waals surface area contributed by atoms with Crippen molar-refractivity contribution in [1.29, 1.82) is 0 Å². The van der Waals surface area contributed by atoms with Crippen LogP contribution < -0.4 is 24.8 Å². The van der Waals surface area contributed by atoms with Gasteiger partial charge in [-0.15, -0.1) is 0 Å². The highest BCUT2D eigenvalue weighted by Crippen LogP contribution is 2.48. The van der Waals surface area contributed by atoms with Gasteiger partial charge in [0.25, 0.3) is 0 Å². The molecule has 192 valence electrons. The van der Waals surface area contributed by atoms with Crippen LogP contribution in [-0.4, -0.2) is 57.5 Å². The molecule has 1 aliphatic rings. The summed E-state index contributed by atoms with van der Waals surface area (Å²) in [4.78, 5) is 24.1. The van der Waals surface area contributed by atoms with Gasteiger partial charge >= 0.3 is 13.7 Å². The van der Waals surface area contributed by atoms with Gasteiger partial charge in [-0.1, -0.05) is 24.3 Å². The molecule has 0 aliphatic heterocycles. The van der Waals surface area contributed by atoms with Gasteiger partial charge in [0.1, 0.15) is 6.04 Å². The minimum Gasteiger partial charge on any atom is -0.493 e. The Morgan fingerprint density at radius 1 is 1.25 bits per heavy atom. The topological polar surface area (TPSA) is 173 Å². The van der Waals surface area contributed by atoms with E-state index in [4.69, 9.17) is 24.3 Å². The summed E-state index contributed by atoms with van der Waals surface area (Å²) in [6, 6.07) is 5.28. The van der Waals surface area contributed by atoms with E-state index in [0.717, 1.165) is 0 Å². The lowest BCUT2D eigenvalue weighted by molar-refractivity contribution is -0.138. The van der Waals surface area contributed by atoms with E-state index in [2.05, 4.69) is 20.0 Å². The fraction of sp³-hybridized carbons (Fsp3) is 0.364. The van der Waals surface area contributed by atoms with E-state index >= 15 is 0 Å². The van der Waals surface area contributed by atoms with Gasteiger partial charge in [0.15, 0.2) is 22.7 Å². The molecule has 14 heteroatoms. The Morgan fingerprint density at radius 2 is 2.00 bits per heavy atom. The van der Waals surface area contributed by atoms with E-state index in [0.29, 0.717) is 23.3 Å². The van der Waals surface area contributed by atoms with Crippen LogP contribution in [0.4, 0.5) is 5.95 Å². The number of nitrogens with one attached hydrogen (secondary N) is 1. The molecule has 0 bridgehead atoms. The number of aromatic nitrogens is 4. The number of fused-ring (bicyclic) bond motifs is 1. The molecule has 0 spiro atoms. The fourth-order valence-electron chi connectivity index (χ4n) is 3.77. The SMILES string of the molecule is COc1ccccc1OP(=O)(NC(C)C(=O)O)OC[C@@H]1C=C[C@H](n2cnc3c(OC)nc(N)nc32)C1. The van der Waals surface area contributed by atoms with Crippen molar-refractivity contribution in [3.63, 3.8) is 0 Å². The van der Waals surface area contributed by atoms with Crippen LogP contribution in [0.15, 0.2) is 42.7 Å². The van der Waals surface area contributed by atoms with Crippen LogP contribution >= 0.6 is 7.75 Å². The highest BCUT2D eigenvalue weighted by atomic mass is 31.2. The molecule has 0 radical (unpaired) electrons. The molecule has 0 saturated heterocycles. The highest BCUT2D eigenvalue weighted by Gasteiger charge is 2.34. The van der Waals surface area contributed by atoms with Gasteiger partial charge in [0.05, 0.1) is 33.2 Å². The predicted molar refractivity (Wildman–Crippen MR) is 130 cm³/mol. The number of anilines is 1. The van der Waals surface area contributed by atoms with Crippen molar-refractivity contribution in [2.45, 2.75) is 25.4 Å². The summed E-state index contributed by atoms with van der Waals surface area (Å²) in [7, 11) is -1.17. The number of nitrogens with two attached hydrogens (primary N) is 1. The van der Waals surface area contributed by atoms with Crippen molar-refractivity contribution in [2.75, 3.05) is 26.6 Å². The summed E-state index contributed by atoms with van der Waals surface area (Å²) in [5, 5.41) is 11.8. The Kier molecular flexibility index (Phi) is 7.43. The van der Waals surface area contributed by atoms with Gasteiger partial charge < -0.3 is 29.4 Å². The number of allylic oxidation sites excluding steroid dienone is 1. The molecule has 4 rings (SSSR count). The maximum atomic E-state index is 13.6. The van der Waals surface area contributed by atoms with Crippen molar-refractivity contribution in [1.82, 2.24) is 24.6 Å². The number of imidazole rings is 1. The zero-order valence-electron chi connectivity index (χ0n) is 19.9. The number of nitrogen functional groups attached to an aromatic ring is 1. The molecule has 13 nitrogen and oxygen atoms in total. The molecule has 1 aliphatic carbocycles. The molecule has 4 atom stereocenters. The monoisotopic (exact) mass is 518 g/mol. The van der Waals surface area contributed by atoms with E-state index < -0.39 is 19.8 Å². The number of hydrogen-bond donors (Lipinski definition) is 3. The third kappa shape index (κ3) is 5.43. The molecular weight excluding hydrogens is 491 g/mol. The zero-order valence-corrected chi connectivity index (χ0v) is 20.8. The van der Waals surface area contributed by atoms with Crippen molar-refractivity contribution >= 4 is 30.8 Å². The van der Waals surface area contributed by atoms with Crippen molar-refractivity contribution in [3.8, 4) is 17.4 Å². The van der Waals surface area contributed by atoms with Crippen molar-refractivity contribution in [2.24, 2.45) is 5.92 Å². The van der Waals surface area contributed by atoms with E-state index in [-0.39, 0.29) is 36.1 Å². The van der Waals surface area contributed by atoms with Crippen LogP contribution in [0.2, 0.25) is 0 Å². The number of aliphatic carboxylic acids is 1. The lowest BCUT2D eigenvalue weighted by atomic mass is 10.1. The van der Waals surface area contributed by atoms with E-state index in [1.165, 1.54) is 21.1 Å². The summed E-state index contributed by atoms with van der Waals surface area (Å²) >= 11 is 0. The lowest BCUT2D eigenvalue weighted by Gasteiger charge is -2.24. The first-order chi connectivity index (χ1) is 17.2. The first kappa shape index (κ1) is 25.4. The van der Waals surface area contributed by atoms with Gasteiger partial charge in [0, 0.05) is 5.92 Å². The summed E-state index contributed by atoms with van der Waals surface area (Å²) in [5.74, 6) is -0.515. The molecule has 2 heterocycles. The first-order valence-electron chi connectivity index (χ1n) is 11.0. The van der Waals surface area contributed by atoms with Crippen LogP contribution in [-0.2, 0) is 13.9 Å². The Morgan fingerprint density at radius 3 is 2.69 bits per heavy atom. The predicted octanol–water partition coefficient (Wildman–Crippen LogP) is 2.81. The van der Waals surface area contributed by atoms with Gasteiger partial charge in [0.2, 0.25) is 11.8 Å². The molecule has 0 amide bonds. The van der Waals surface area contributed by atoms with Crippen LogP contribution in [0, 0.1) is 5.92 Å². The van der Waals surface area contributed by atoms with Crippen molar-refractivity contribution < 1.29 is 33.0 Å². The highest BCUT2D eigenvalue weighted by molar-refractivity contribution is 7.52. The fourth-order valence-corrected chi connectivity index (χ4v) is 5.34. The summed E-state index contributed by atoms with van der Waals surface area (Å²) in [6.07, 6.45) is 6.09. The second-order valence-electron chi connectivity index (χ2n) is 8.09. The van der Waals surface area contributed by atoms with E-state index in [1.807, 2.05) is 16.7 Å². The van der Waals surface area contributed by atoms with Crippen LogP contribution in [0.1, 0.15) is 19.4 Å². The summed E-state index contributed by atoms with van der Waals surface area (Å²) in [6.45, 7) is 1.35. The standard InChI is InChI=1S/C22H27N6O7P/c1-13(21(29)30)27-36(31,35-17-7-5-4-6-16(17)32-2)34-11-14-8-9-15(10-14)28-12-24-18-19(28)25-22(23)26-20(18)33-3/h4-9,12-15H,10-11H2,1-3H3,(H,27,31)(H,29,30)(H2,23,25,26)/t13?,14-,15+,36?/m1/s1. The third-order valence-corrected chi connectivity index (χ3v) is 7.20. The Hall–Kier alpha value is -3.67. The quantitative estimate of drug-likeness (QED) is 0.251. The van der Waals surface area contributed by atoms with Crippen molar-refractivity contribution in [3.05, 3.63) is 42.7 Å². The summed E-state index contributed by atoms with van der Waals surface area (Å²) in [5.41, 5.74) is 6.82. The normalized spacial score (nSPS) is 19.6. The maximum absolute atomic E-state index is 13.6. The Bertz CT molecular complexity index is 1330. The maximum Gasteiger partial charge on any atom is 0.459 e. The van der Waals surface area contributed by atoms with Gasteiger partial charge in [-0.2, -0.15) is 15.1 Å². The average molecular weight is 518 g/mol.